The summed E-state index contributed by atoms with van der Waals surface area (Å²) in [6, 6.07) is 24.6. The van der Waals surface area contributed by atoms with Crippen molar-refractivity contribution in [3.63, 3.8) is 0 Å². The molecule has 0 saturated heterocycles. The first-order valence-corrected chi connectivity index (χ1v) is 14.4. The molecular weight excluding hydrogens is 615 g/mol. The molecule has 0 aliphatic rings. The normalized spacial score (nSPS) is 11.7. The molecule has 3 N–H and O–H groups in total. The third-order valence-electron chi connectivity index (χ3n) is 7.24. The zero-order valence-corrected chi connectivity index (χ0v) is 25.5. The van der Waals surface area contributed by atoms with Crippen LogP contribution >= 0.6 is 0 Å². The quantitative estimate of drug-likeness (QED) is 0.170. The number of rotatable bonds is 12. The minimum absolute atomic E-state index is 0.00675. The van der Waals surface area contributed by atoms with Crippen LogP contribution in [0.5, 0.6) is 5.75 Å². The van der Waals surface area contributed by atoms with Gasteiger partial charge in [-0.15, -0.1) is 0 Å². The number of carbonyl (C=O) groups excluding carboxylic acids is 3. The zero-order chi connectivity index (χ0) is 34.1. The minimum atomic E-state index is -4.69. The Labute approximate surface area is 269 Å². The van der Waals surface area contributed by atoms with Crippen molar-refractivity contribution in [3.05, 3.63) is 130 Å². The van der Waals surface area contributed by atoms with Crippen LogP contribution in [0.25, 0.3) is 0 Å². The monoisotopic (exact) mass is 647 g/mol. The van der Waals surface area contributed by atoms with Crippen LogP contribution in [0.1, 0.15) is 55.9 Å². The van der Waals surface area contributed by atoms with E-state index in [1.165, 1.54) is 43.5 Å². The number of nitrogens with one attached hydrogen (secondary N) is 2. The second-order valence-corrected chi connectivity index (χ2v) is 10.7. The molecule has 0 radical (unpaired) electrons. The molecule has 3 amide bonds. The topological polar surface area (TPSA) is 125 Å². The fraction of sp³-hybridized carbons (Fsp3) is 0.200. The van der Waals surface area contributed by atoms with E-state index in [4.69, 9.17) is 4.74 Å². The first-order valence-electron chi connectivity index (χ1n) is 14.4. The molecule has 0 bridgehead atoms. The molecule has 0 aliphatic carbocycles. The van der Waals surface area contributed by atoms with E-state index < -0.39 is 42.5 Å². The highest BCUT2D eigenvalue weighted by Gasteiger charge is 2.34. The average molecular weight is 648 g/mol. The first-order chi connectivity index (χ1) is 22.3. The van der Waals surface area contributed by atoms with Crippen molar-refractivity contribution in [2.45, 2.75) is 32.1 Å². The van der Waals surface area contributed by atoms with Crippen LogP contribution in [0.4, 0.5) is 18.9 Å². The number of carboxylic acid groups (broad SMARTS) is 1. The van der Waals surface area contributed by atoms with E-state index in [2.05, 4.69) is 10.6 Å². The van der Waals surface area contributed by atoms with Gasteiger partial charge in [-0.1, -0.05) is 48.5 Å². The first kappa shape index (κ1) is 34.2. The van der Waals surface area contributed by atoms with Crippen LogP contribution in [-0.4, -0.2) is 47.4 Å². The predicted octanol–water partition coefficient (Wildman–Crippen LogP) is 6.11. The Kier molecular flexibility index (Phi) is 11.0. The molecule has 244 valence electrons. The Morgan fingerprint density at radius 1 is 0.872 bits per heavy atom. The van der Waals surface area contributed by atoms with Crippen LogP contribution in [0.2, 0.25) is 0 Å². The second-order valence-electron chi connectivity index (χ2n) is 10.7. The number of aliphatic carboxylic acids is 1. The van der Waals surface area contributed by atoms with Gasteiger partial charge in [-0.2, -0.15) is 13.2 Å². The molecular formula is C35H32F3N3O6. The fourth-order valence-electron chi connectivity index (χ4n) is 4.81. The average Bonchev–Trinajstić information content (AvgIpc) is 3.04. The van der Waals surface area contributed by atoms with Gasteiger partial charge < -0.3 is 25.4 Å². The van der Waals surface area contributed by atoms with E-state index >= 15 is 0 Å². The van der Waals surface area contributed by atoms with Gasteiger partial charge in [0.1, 0.15) is 12.3 Å². The Balaban J connectivity index is 1.39. The predicted molar refractivity (Wildman–Crippen MR) is 168 cm³/mol. The maximum atomic E-state index is 13.5. The van der Waals surface area contributed by atoms with Crippen molar-refractivity contribution in [1.29, 1.82) is 0 Å². The summed E-state index contributed by atoms with van der Waals surface area (Å²) in [7, 11) is 1.24. The van der Waals surface area contributed by atoms with Gasteiger partial charge in [0, 0.05) is 23.4 Å². The standard InChI is InChI=1S/C35H32F3N3O6/c1-22(24-6-4-3-5-7-24)39-33(45)25-10-8-23(9-11-25)20-41(21-32(43)44)34(46)26-12-15-28(16-13-26)40-31(42)18-27-14-17-29(47-2)19-30(27)35(36,37)38/h3-17,19,22H,18,20-21H2,1-2H3,(H,39,45)(H,40,42)(H,43,44). The van der Waals surface area contributed by atoms with Crippen LogP contribution in [-0.2, 0) is 28.7 Å². The smallest absolute Gasteiger partial charge is 0.416 e. The maximum absolute atomic E-state index is 13.5. The number of methoxy groups -OCH3 is 1. The molecule has 0 aromatic heterocycles. The van der Waals surface area contributed by atoms with Gasteiger partial charge in [0.05, 0.1) is 25.1 Å². The summed E-state index contributed by atoms with van der Waals surface area (Å²) in [4.78, 5) is 51.3. The van der Waals surface area contributed by atoms with Crippen molar-refractivity contribution >= 4 is 29.4 Å². The molecule has 0 heterocycles. The molecule has 4 rings (SSSR count). The largest absolute Gasteiger partial charge is 0.497 e. The van der Waals surface area contributed by atoms with Gasteiger partial charge in [-0.25, -0.2) is 0 Å². The number of halogens is 3. The Bertz CT molecular complexity index is 1730. The minimum Gasteiger partial charge on any atom is -0.497 e. The van der Waals surface area contributed by atoms with E-state index in [1.54, 1.807) is 24.3 Å². The highest BCUT2D eigenvalue weighted by Crippen LogP contribution is 2.34. The van der Waals surface area contributed by atoms with E-state index in [1.807, 2.05) is 37.3 Å². The highest BCUT2D eigenvalue weighted by molar-refractivity contribution is 5.97. The number of ether oxygens (including phenoxy) is 1. The van der Waals surface area contributed by atoms with Gasteiger partial charge in [-0.05, 0) is 72.1 Å². The van der Waals surface area contributed by atoms with Crippen LogP contribution < -0.4 is 15.4 Å². The summed E-state index contributed by atoms with van der Waals surface area (Å²) >= 11 is 0. The van der Waals surface area contributed by atoms with Crippen LogP contribution in [0, 0.1) is 0 Å². The molecule has 4 aromatic carbocycles. The molecule has 1 atom stereocenters. The number of amides is 3. The molecule has 0 saturated carbocycles. The van der Waals surface area contributed by atoms with Gasteiger partial charge >= 0.3 is 12.1 Å². The van der Waals surface area contributed by atoms with Crippen molar-refractivity contribution in [2.75, 3.05) is 19.0 Å². The van der Waals surface area contributed by atoms with Crippen molar-refractivity contribution < 1.29 is 42.2 Å². The molecule has 4 aromatic rings. The Morgan fingerprint density at radius 3 is 2.11 bits per heavy atom. The zero-order valence-electron chi connectivity index (χ0n) is 25.5. The number of benzene rings is 4. The van der Waals surface area contributed by atoms with Gasteiger partial charge in [0.15, 0.2) is 0 Å². The number of anilines is 1. The summed E-state index contributed by atoms with van der Waals surface area (Å²) in [5, 5.41) is 14.9. The lowest BCUT2D eigenvalue weighted by Gasteiger charge is -2.21. The van der Waals surface area contributed by atoms with Crippen molar-refractivity contribution in [3.8, 4) is 5.75 Å². The molecule has 0 spiro atoms. The lowest BCUT2D eigenvalue weighted by Crippen LogP contribution is -2.35. The Morgan fingerprint density at radius 2 is 1.51 bits per heavy atom. The SMILES string of the molecule is COc1ccc(CC(=O)Nc2ccc(C(=O)N(CC(=O)O)Cc3ccc(C(=O)NC(C)c4ccccc4)cc3)cc2)c(C(F)(F)F)c1. The molecule has 47 heavy (non-hydrogen) atoms. The maximum Gasteiger partial charge on any atom is 0.416 e. The number of hydrogen-bond donors (Lipinski definition) is 3. The van der Waals surface area contributed by atoms with Gasteiger partial charge in [0.25, 0.3) is 11.8 Å². The third kappa shape index (κ3) is 9.42. The summed E-state index contributed by atoms with van der Waals surface area (Å²) in [6.45, 7) is 1.21. The molecule has 9 nitrogen and oxygen atoms in total. The van der Waals surface area contributed by atoms with Crippen molar-refractivity contribution in [1.82, 2.24) is 10.2 Å². The van der Waals surface area contributed by atoms with E-state index in [9.17, 15) is 37.5 Å². The second kappa shape index (κ2) is 15.1. The van der Waals surface area contributed by atoms with E-state index in [-0.39, 0.29) is 41.1 Å². The molecule has 12 heteroatoms. The third-order valence-corrected chi connectivity index (χ3v) is 7.24. The molecule has 1 unspecified atom stereocenters. The fourth-order valence-corrected chi connectivity index (χ4v) is 4.81. The number of nitrogens with zero attached hydrogens (tertiary/aromatic N) is 1. The van der Waals surface area contributed by atoms with Gasteiger partial charge in [-0.3, -0.25) is 19.2 Å². The lowest BCUT2D eigenvalue weighted by molar-refractivity contribution is -0.139. The summed E-state index contributed by atoms with van der Waals surface area (Å²) in [5.74, 6) is -2.82. The van der Waals surface area contributed by atoms with E-state index in [0.717, 1.165) is 16.5 Å². The summed E-state index contributed by atoms with van der Waals surface area (Å²) < 4.78 is 45.4. The molecule has 0 fully saturated rings. The number of carbonyl (C=O) groups is 4. The van der Waals surface area contributed by atoms with Crippen molar-refractivity contribution in [2.24, 2.45) is 0 Å². The number of alkyl halides is 3. The lowest BCUT2D eigenvalue weighted by atomic mass is 10.0. The van der Waals surface area contributed by atoms with Crippen LogP contribution in [0.15, 0.2) is 97.1 Å². The summed E-state index contributed by atoms with van der Waals surface area (Å²) in [5.41, 5.74) is 1.08. The number of carboxylic acids is 1. The van der Waals surface area contributed by atoms with E-state index in [0.29, 0.717) is 11.1 Å². The number of hydrogen-bond acceptors (Lipinski definition) is 5. The van der Waals surface area contributed by atoms with Gasteiger partial charge in [0.2, 0.25) is 5.91 Å². The summed E-state index contributed by atoms with van der Waals surface area (Å²) in [6.07, 6.45) is -5.25. The van der Waals surface area contributed by atoms with Crippen LogP contribution in [0.3, 0.4) is 0 Å². The molecule has 0 aliphatic heterocycles. The Hall–Kier alpha value is -5.65. The highest BCUT2D eigenvalue weighted by atomic mass is 19.4.